The Hall–Kier alpha value is -2.96. The van der Waals surface area contributed by atoms with Gasteiger partial charge >= 0.3 is 0 Å². The first-order chi connectivity index (χ1) is 14.6. The minimum atomic E-state index is -0.256. The van der Waals surface area contributed by atoms with Crippen LogP contribution in [0.25, 0.3) is 22.1 Å². The molecule has 2 heterocycles. The van der Waals surface area contributed by atoms with Crippen molar-refractivity contribution >= 4 is 26.9 Å². The lowest BCUT2D eigenvalue weighted by Gasteiger charge is -2.29. The molecule has 150 valence electrons. The zero-order chi connectivity index (χ0) is 20.7. The molecule has 0 saturated carbocycles. The molecule has 0 unspecified atom stereocenters. The molecule has 0 amide bonds. The highest BCUT2D eigenvalue weighted by molar-refractivity contribution is 9.10. The molecule has 1 aliphatic heterocycles. The summed E-state index contributed by atoms with van der Waals surface area (Å²) < 4.78 is 26.0. The molecule has 1 aliphatic rings. The van der Waals surface area contributed by atoms with Gasteiger partial charge in [0.25, 0.3) is 0 Å². The first-order valence-corrected chi connectivity index (χ1v) is 10.3. The molecule has 3 aromatic carbocycles. The fourth-order valence-electron chi connectivity index (χ4n) is 3.73. The van der Waals surface area contributed by atoms with E-state index in [4.69, 9.17) is 9.15 Å². The first kappa shape index (κ1) is 19.0. The van der Waals surface area contributed by atoms with E-state index in [1.807, 2.05) is 30.3 Å². The van der Waals surface area contributed by atoms with Crippen molar-refractivity contribution in [2.75, 3.05) is 6.73 Å². The van der Waals surface area contributed by atoms with Crippen molar-refractivity contribution in [1.82, 2.24) is 4.90 Å². The van der Waals surface area contributed by atoms with Crippen LogP contribution in [-0.2, 0) is 13.1 Å². The van der Waals surface area contributed by atoms with Crippen molar-refractivity contribution in [2.24, 2.45) is 0 Å². The van der Waals surface area contributed by atoms with E-state index in [-0.39, 0.29) is 11.2 Å². The van der Waals surface area contributed by atoms with E-state index in [1.54, 1.807) is 18.2 Å². The van der Waals surface area contributed by atoms with Crippen molar-refractivity contribution in [1.29, 1.82) is 0 Å². The van der Waals surface area contributed by atoms with Crippen LogP contribution < -0.4 is 10.2 Å². The van der Waals surface area contributed by atoms with Crippen LogP contribution in [0.2, 0.25) is 0 Å². The summed E-state index contributed by atoms with van der Waals surface area (Å²) in [5, 5.41) is 0.529. The topological polar surface area (TPSA) is 42.7 Å². The lowest BCUT2D eigenvalue weighted by molar-refractivity contribution is 0.0890. The van der Waals surface area contributed by atoms with E-state index in [0.29, 0.717) is 36.4 Å². The van der Waals surface area contributed by atoms with E-state index in [0.717, 1.165) is 26.9 Å². The van der Waals surface area contributed by atoms with Crippen molar-refractivity contribution in [2.45, 2.75) is 13.1 Å². The predicted octanol–water partition coefficient (Wildman–Crippen LogP) is 5.71. The molecule has 0 fully saturated rings. The number of benzene rings is 3. The lowest BCUT2D eigenvalue weighted by Crippen LogP contribution is -2.31. The molecule has 30 heavy (non-hydrogen) atoms. The van der Waals surface area contributed by atoms with Crippen molar-refractivity contribution in [3.05, 3.63) is 98.6 Å². The Labute approximate surface area is 180 Å². The van der Waals surface area contributed by atoms with E-state index < -0.39 is 0 Å². The lowest BCUT2D eigenvalue weighted by atomic mass is 10.0. The van der Waals surface area contributed by atoms with E-state index in [9.17, 15) is 9.18 Å². The van der Waals surface area contributed by atoms with E-state index in [2.05, 4.69) is 20.8 Å². The van der Waals surface area contributed by atoms with Crippen molar-refractivity contribution in [3.63, 3.8) is 0 Å². The van der Waals surface area contributed by atoms with Gasteiger partial charge < -0.3 is 9.15 Å². The molecule has 1 aromatic heterocycles. The highest BCUT2D eigenvalue weighted by Crippen LogP contribution is 2.33. The van der Waals surface area contributed by atoms with Crippen molar-refractivity contribution in [3.8, 4) is 16.9 Å². The first-order valence-electron chi connectivity index (χ1n) is 9.51. The summed E-state index contributed by atoms with van der Waals surface area (Å²) in [6.07, 6.45) is 1.52. The Morgan fingerprint density at radius 1 is 1.00 bits per heavy atom. The second-order valence-electron chi connectivity index (χ2n) is 7.29. The van der Waals surface area contributed by atoms with Gasteiger partial charge in [-0.3, -0.25) is 9.69 Å². The largest absolute Gasteiger partial charge is 0.478 e. The second kappa shape index (κ2) is 7.70. The standard InChI is InChI=1S/C24H17BrFNO3/c25-17-5-3-16(4-6-17)21-13-29-24-19(23(21)28)9-10-22-20(24)12-27(14-30-22)11-15-1-7-18(26)8-2-15/h1-10,13H,11-12,14H2. The summed E-state index contributed by atoms with van der Waals surface area (Å²) >= 11 is 3.41. The number of nitrogens with zero attached hydrogens (tertiary/aromatic N) is 1. The third kappa shape index (κ3) is 3.53. The number of halogens is 2. The van der Waals surface area contributed by atoms with Crippen LogP contribution in [0.1, 0.15) is 11.1 Å². The maximum atomic E-state index is 13.2. The average molecular weight is 466 g/mol. The summed E-state index contributed by atoms with van der Waals surface area (Å²) in [7, 11) is 0. The molecule has 0 atom stereocenters. The van der Waals surface area contributed by atoms with E-state index >= 15 is 0 Å². The van der Waals surface area contributed by atoms with Gasteiger partial charge in [0.2, 0.25) is 5.43 Å². The Balaban J connectivity index is 1.51. The fraction of sp³-hybridized carbons (Fsp3) is 0.125. The minimum Gasteiger partial charge on any atom is -0.478 e. The zero-order valence-corrected chi connectivity index (χ0v) is 17.5. The maximum Gasteiger partial charge on any atom is 0.200 e. The van der Waals surface area contributed by atoms with Crippen LogP contribution >= 0.6 is 15.9 Å². The molecule has 0 aliphatic carbocycles. The van der Waals surface area contributed by atoms with Crippen LogP contribution in [0.15, 0.2) is 80.6 Å². The average Bonchev–Trinajstić information content (AvgIpc) is 2.76. The summed E-state index contributed by atoms with van der Waals surface area (Å²) in [5.74, 6) is 0.464. The molecule has 0 spiro atoms. The predicted molar refractivity (Wildman–Crippen MR) is 117 cm³/mol. The smallest absolute Gasteiger partial charge is 0.200 e. The Morgan fingerprint density at radius 3 is 2.53 bits per heavy atom. The SMILES string of the molecule is O=c1c(-c2ccc(Br)cc2)coc2c3c(ccc12)OCN(Cc1ccc(F)cc1)C3. The molecule has 5 rings (SSSR count). The number of hydrogen-bond acceptors (Lipinski definition) is 4. The molecular formula is C24H17BrFNO3. The van der Waals surface area contributed by atoms with Gasteiger partial charge in [0, 0.05) is 17.6 Å². The van der Waals surface area contributed by atoms with Crippen LogP contribution in [0.5, 0.6) is 5.75 Å². The summed E-state index contributed by atoms with van der Waals surface area (Å²) in [6.45, 7) is 1.60. The fourth-order valence-corrected chi connectivity index (χ4v) is 4.00. The molecular weight excluding hydrogens is 449 g/mol. The third-order valence-electron chi connectivity index (χ3n) is 5.26. The zero-order valence-electron chi connectivity index (χ0n) is 15.9. The molecule has 4 aromatic rings. The van der Waals surface area contributed by atoms with Gasteiger partial charge in [-0.05, 0) is 47.5 Å². The van der Waals surface area contributed by atoms with Gasteiger partial charge in [0.05, 0.1) is 16.5 Å². The number of fused-ring (bicyclic) bond motifs is 3. The van der Waals surface area contributed by atoms with Gasteiger partial charge in [-0.15, -0.1) is 0 Å². The van der Waals surface area contributed by atoms with Crippen LogP contribution in [0.4, 0.5) is 4.39 Å². The van der Waals surface area contributed by atoms with E-state index in [1.165, 1.54) is 18.4 Å². The molecule has 0 bridgehead atoms. The highest BCUT2D eigenvalue weighted by Gasteiger charge is 2.23. The van der Waals surface area contributed by atoms with Gasteiger partial charge in [-0.25, -0.2) is 4.39 Å². The number of rotatable bonds is 3. The van der Waals surface area contributed by atoms with Gasteiger partial charge in [0.1, 0.15) is 30.1 Å². The monoisotopic (exact) mass is 465 g/mol. The molecule has 0 radical (unpaired) electrons. The van der Waals surface area contributed by atoms with Crippen molar-refractivity contribution < 1.29 is 13.5 Å². The Kier molecular flexibility index (Phi) is 4.89. The van der Waals surface area contributed by atoms with Crippen LogP contribution in [-0.4, -0.2) is 11.6 Å². The molecule has 0 N–H and O–H groups in total. The quantitative estimate of drug-likeness (QED) is 0.388. The minimum absolute atomic E-state index is 0.0722. The van der Waals surface area contributed by atoms with Gasteiger partial charge in [0.15, 0.2) is 0 Å². The summed E-state index contributed by atoms with van der Waals surface area (Å²) in [5.41, 5.74) is 3.64. The Bertz CT molecular complexity index is 1280. The normalized spacial score (nSPS) is 13.8. The van der Waals surface area contributed by atoms with Gasteiger partial charge in [-0.2, -0.15) is 0 Å². The van der Waals surface area contributed by atoms with Crippen LogP contribution in [0, 0.1) is 5.82 Å². The molecule has 4 nitrogen and oxygen atoms in total. The summed E-state index contributed by atoms with van der Waals surface area (Å²) in [6, 6.07) is 17.6. The number of ether oxygens (including phenoxy) is 1. The summed E-state index contributed by atoms with van der Waals surface area (Å²) in [4.78, 5) is 15.2. The molecule has 0 saturated heterocycles. The Morgan fingerprint density at radius 2 is 1.77 bits per heavy atom. The second-order valence-corrected chi connectivity index (χ2v) is 8.21. The highest BCUT2D eigenvalue weighted by atomic mass is 79.9. The molecule has 6 heteroatoms. The van der Waals surface area contributed by atoms with Gasteiger partial charge in [-0.1, -0.05) is 40.2 Å². The van der Waals surface area contributed by atoms with Crippen LogP contribution in [0.3, 0.4) is 0 Å². The third-order valence-corrected chi connectivity index (χ3v) is 5.79. The maximum absolute atomic E-state index is 13.2. The number of hydrogen-bond donors (Lipinski definition) is 0.